The molecule has 0 spiro atoms. The van der Waals surface area contributed by atoms with E-state index in [1.807, 2.05) is 14.1 Å². The van der Waals surface area contributed by atoms with E-state index < -0.39 is 0 Å². The highest BCUT2D eigenvalue weighted by Gasteiger charge is 2.19. The highest BCUT2D eigenvalue weighted by atomic mass is 35.5. The van der Waals surface area contributed by atoms with Crippen LogP contribution < -0.4 is 10.6 Å². The monoisotopic (exact) mass is 271 g/mol. The van der Waals surface area contributed by atoms with Gasteiger partial charge in [-0.1, -0.05) is 0 Å². The molecule has 16 heavy (non-hydrogen) atoms. The van der Waals surface area contributed by atoms with Gasteiger partial charge in [0.15, 0.2) is 0 Å². The van der Waals surface area contributed by atoms with Gasteiger partial charge in [-0.2, -0.15) is 0 Å². The molecule has 0 aromatic carbocycles. The topological polar surface area (TPSA) is 44.4 Å². The van der Waals surface area contributed by atoms with Gasteiger partial charge < -0.3 is 15.5 Å². The summed E-state index contributed by atoms with van der Waals surface area (Å²) in [5.41, 5.74) is 0. The Morgan fingerprint density at radius 2 is 1.88 bits per heavy atom. The molecule has 0 bridgehead atoms. The Morgan fingerprint density at radius 1 is 1.31 bits per heavy atom. The summed E-state index contributed by atoms with van der Waals surface area (Å²) in [4.78, 5) is 13.7. The normalized spacial score (nSPS) is 16.2. The molecule has 1 rings (SSSR count). The summed E-state index contributed by atoms with van der Waals surface area (Å²) in [5, 5.41) is 6.23. The third-order valence-corrected chi connectivity index (χ3v) is 2.57. The van der Waals surface area contributed by atoms with Crippen molar-refractivity contribution in [1.29, 1.82) is 0 Å². The van der Waals surface area contributed by atoms with Gasteiger partial charge in [0.05, 0.1) is 0 Å². The van der Waals surface area contributed by atoms with E-state index >= 15 is 0 Å². The molecule has 98 valence electrons. The van der Waals surface area contributed by atoms with Crippen molar-refractivity contribution in [2.75, 3.05) is 40.3 Å². The second-order valence-electron chi connectivity index (χ2n) is 4.12. The second kappa shape index (κ2) is 10.1. The first-order valence-corrected chi connectivity index (χ1v) is 5.33. The van der Waals surface area contributed by atoms with Crippen LogP contribution in [-0.4, -0.2) is 51.1 Å². The summed E-state index contributed by atoms with van der Waals surface area (Å²) < 4.78 is 0. The fourth-order valence-corrected chi connectivity index (χ4v) is 1.63. The zero-order valence-electron chi connectivity index (χ0n) is 9.99. The van der Waals surface area contributed by atoms with Crippen molar-refractivity contribution in [3.63, 3.8) is 0 Å². The molecule has 4 nitrogen and oxygen atoms in total. The van der Waals surface area contributed by atoms with Crippen LogP contribution in [0.1, 0.15) is 12.8 Å². The van der Waals surface area contributed by atoms with Crippen LogP contribution in [0, 0.1) is 5.92 Å². The third-order valence-electron chi connectivity index (χ3n) is 2.57. The van der Waals surface area contributed by atoms with E-state index in [-0.39, 0.29) is 36.6 Å². The lowest BCUT2D eigenvalue weighted by Crippen LogP contribution is -2.40. The Bertz CT molecular complexity index is 185. The fourth-order valence-electron chi connectivity index (χ4n) is 1.63. The van der Waals surface area contributed by atoms with Crippen molar-refractivity contribution in [1.82, 2.24) is 15.5 Å². The standard InChI is InChI=1S/C10H21N3O.2ClH/c1-13(2)8-7-12-10(14)9-3-5-11-6-4-9;;/h9,11H,3-8H2,1-2H3,(H,12,14);2*1H. The minimum atomic E-state index is 0. The van der Waals surface area contributed by atoms with Crippen molar-refractivity contribution in [2.45, 2.75) is 12.8 Å². The second-order valence-corrected chi connectivity index (χ2v) is 4.12. The maximum atomic E-state index is 11.6. The minimum absolute atomic E-state index is 0. The number of nitrogens with one attached hydrogen (secondary N) is 2. The molecule has 1 amide bonds. The van der Waals surface area contributed by atoms with Gasteiger partial charge in [0.25, 0.3) is 0 Å². The van der Waals surface area contributed by atoms with Gasteiger partial charge >= 0.3 is 0 Å². The Hall–Kier alpha value is -0.0300. The summed E-state index contributed by atoms with van der Waals surface area (Å²) >= 11 is 0. The van der Waals surface area contributed by atoms with Gasteiger partial charge in [-0.05, 0) is 40.0 Å². The minimum Gasteiger partial charge on any atom is -0.355 e. The predicted molar refractivity (Wildman–Crippen MR) is 71.7 cm³/mol. The average Bonchev–Trinajstić information content (AvgIpc) is 2.18. The van der Waals surface area contributed by atoms with Crippen molar-refractivity contribution >= 4 is 30.7 Å². The number of amides is 1. The molecule has 1 aliphatic rings. The van der Waals surface area contributed by atoms with Gasteiger partial charge in [0, 0.05) is 19.0 Å². The van der Waals surface area contributed by atoms with Crippen molar-refractivity contribution in [3.8, 4) is 0 Å². The maximum Gasteiger partial charge on any atom is 0.223 e. The van der Waals surface area contributed by atoms with E-state index in [0.29, 0.717) is 0 Å². The van der Waals surface area contributed by atoms with Gasteiger partial charge in [-0.15, -0.1) is 24.8 Å². The van der Waals surface area contributed by atoms with E-state index in [4.69, 9.17) is 0 Å². The smallest absolute Gasteiger partial charge is 0.223 e. The van der Waals surface area contributed by atoms with Crippen molar-refractivity contribution in [3.05, 3.63) is 0 Å². The molecule has 1 aliphatic heterocycles. The van der Waals surface area contributed by atoms with Crippen LogP contribution in [-0.2, 0) is 4.79 Å². The van der Waals surface area contributed by atoms with E-state index in [0.717, 1.165) is 39.0 Å². The number of carbonyl (C=O) groups is 1. The Morgan fingerprint density at radius 3 is 2.38 bits per heavy atom. The number of halogens is 2. The number of carbonyl (C=O) groups excluding carboxylic acids is 1. The quantitative estimate of drug-likeness (QED) is 0.783. The van der Waals surface area contributed by atoms with Crippen molar-refractivity contribution in [2.24, 2.45) is 5.92 Å². The van der Waals surface area contributed by atoms with Crippen LogP contribution in [0.2, 0.25) is 0 Å². The molecule has 0 saturated carbocycles. The average molecular weight is 272 g/mol. The lowest BCUT2D eigenvalue weighted by atomic mass is 9.97. The predicted octanol–water partition coefficient (Wildman–Crippen LogP) is 0.507. The third kappa shape index (κ3) is 7.28. The first-order chi connectivity index (χ1) is 6.70. The van der Waals surface area contributed by atoms with E-state index in [2.05, 4.69) is 15.5 Å². The zero-order chi connectivity index (χ0) is 10.4. The molecule has 0 aliphatic carbocycles. The number of nitrogens with zero attached hydrogens (tertiary/aromatic N) is 1. The summed E-state index contributed by atoms with van der Waals surface area (Å²) in [7, 11) is 4.02. The number of likely N-dealkylation sites (N-methyl/N-ethyl adjacent to an activating group) is 1. The summed E-state index contributed by atoms with van der Waals surface area (Å²) in [6.45, 7) is 3.63. The Kier molecular flexibility index (Phi) is 11.6. The molecule has 0 unspecified atom stereocenters. The van der Waals surface area contributed by atoms with Crippen LogP contribution >= 0.6 is 24.8 Å². The number of piperidine rings is 1. The fraction of sp³-hybridized carbons (Fsp3) is 0.900. The lowest BCUT2D eigenvalue weighted by molar-refractivity contribution is -0.125. The molecule has 1 heterocycles. The maximum absolute atomic E-state index is 11.6. The lowest BCUT2D eigenvalue weighted by Gasteiger charge is -2.22. The highest BCUT2D eigenvalue weighted by Crippen LogP contribution is 2.10. The van der Waals surface area contributed by atoms with Crippen LogP contribution in [0.5, 0.6) is 0 Å². The summed E-state index contributed by atoms with van der Waals surface area (Å²) in [6, 6.07) is 0. The highest BCUT2D eigenvalue weighted by molar-refractivity contribution is 5.85. The molecule has 2 N–H and O–H groups in total. The molecular formula is C10H23Cl2N3O. The number of hydrogen-bond donors (Lipinski definition) is 2. The molecule has 0 aromatic rings. The zero-order valence-corrected chi connectivity index (χ0v) is 11.6. The van der Waals surface area contributed by atoms with Crippen LogP contribution in [0.15, 0.2) is 0 Å². The van der Waals surface area contributed by atoms with Crippen LogP contribution in [0.25, 0.3) is 0 Å². The van der Waals surface area contributed by atoms with Gasteiger partial charge in [-0.3, -0.25) is 4.79 Å². The number of hydrogen-bond acceptors (Lipinski definition) is 3. The van der Waals surface area contributed by atoms with Gasteiger partial charge in [0.2, 0.25) is 5.91 Å². The van der Waals surface area contributed by atoms with Crippen molar-refractivity contribution < 1.29 is 4.79 Å². The van der Waals surface area contributed by atoms with Crippen LogP contribution in [0.3, 0.4) is 0 Å². The molecule has 0 atom stereocenters. The van der Waals surface area contributed by atoms with E-state index in [1.54, 1.807) is 0 Å². The Labute approximate surface area is 110 Å². The largest absolute Gasteiger partial charge is 0.355 e. The molecule has 1 saturated heterocycles. The first-order valence-electron chi connectivity index (χ1n) is 5.33. The summed E-state index contributed by atoms with van der Waals surface area (Å²) in [6.07, 6.45) is 1.96. The SMILES string of the molecule is CN(C)CCNC(=O)C1CCNCC1.Cl.Cl. The van der Waals surface area contributed by atoms with Gasteiger partial charge in [0.1, 0.15) is 0 Å². The molecular weight excluding hydrogens is 249 g/mol. The molecule has 0 radical (unpaired) electrons. The number of rotatable bonds is 4. The Balaban J connectivity index is 0. The van der Waals surface area contributed by atoms with Crippen LogP contribution in [0.4, 0.5) is 0 Å². The van der Waals surface area contributed by atoms with E-state index in [1.165, 1.54) is 0 Å². The van der Waals surface area contributed by atoms with E-state index in [9.17, 15) is 4.79 Å². The molecule has 1 fully saturated rings. The molecule has 0 aromatic heterocycles. The first kappa shape index (κ1) is 18.3. The summed E-state index contributed by atoms with van der Waals surface area (Å²) in [5.74, 6) is 0.465. The molecule has 6 heteroatoms. The van der Waals surface area contributed by atoms with Gasteiger partial charge in [-0.25, -0.2) is 0 Å².